The maximum absolute atomic E-state index is 5.10. The van der Waals surface area contributed by atoms with E-state index in [1.54, 1.807) is 0 Å². The molecule has 1 aliphatic carbocycles. The summed E-state index contributed by atoms with van der Waals surface area (Å²) in [7, 11) is 0. The summed E-state index contributed by atoms with van der Waals surface area (Å²) in [5.74, 6) is 2.18. The highest BCUT2D eigenvalue weighted by Crippen LogP contribution is 2.37. The molecule has 2 heterocycles. The van der Waals surface area contributed by atoms with Gasteiger partial charge in [0.15, 0.2) is 0 Å². The van der Waals surface area contributed by atoms with Crippen molar-refractivity contribution in [2.75, 3.05) is 13.1 Å². The number of aryl methyl sites for hydroxylation is 1. The number of aliphatic imine (C=N–C) groups is 2. The lowest BCUT2D eigenvalue weighted by Crippen LogP contribution is -2.39. The second-order valence-corrected chi connectivity index (χ2v) is 6.14. The maximum atomic E-state index is 5.10. The van der Waals surface area contributed by atoms with Crippen LogP contribution < -0.4 is 0 Å². The zero-order valence-electron chi connectivity index (χ0n) is 12.9. The van der Waals surface area contributed by atoms with Gasteiger partial charge in [-0.15, -0.1) is 0 Å². The van der Waals surface area contributed by atoms with Crippen molar-refractivity contribution in [3.63, 3.8) is 0 Å². The van der Waals surface area contributed by atoms with Gasteiger partial charge in [0.05, 0.1) is 12.2 Å². The first-order valence-electron chi connectivity index (χ1n) is 8.20. The highest BCUT2D eigenvalue weighted by atomic mass is 15.3. The highest BCUT2D eigenvalue weighted by molar-refractivity contribution is 6.22. The average Bonchev–Trinajstić information content (AvgIpc) is 3.11. The third-order valence-electron chi connectivity index (χ3n) is 4.82. The van der Waals surface area contributed by atoms with Crippen LogP contribution >= 0.6 is 0 Å². The van der Waals surface area contributed by atoms with Gasteiger partial charge in [-0.25, -0.2) is 4.99 Å². The second-order valence-electron chi connectivity index (χ2n) is 6.14. The molecule has 3 heteroatoms. The van der Waals surface area contributed by atoms with Crippen molar-refractivity contribution >= 4 is 17.4 Å². The van der Waals surface area contributed by atoms with E-state index in [-0.39, 0.29) is 0 Å². The Hall–Kier alpha value is -2.68. The summed E-state index contributed by atoms with van der Waals surface area (Å²) in [5.41, 5.74) is 6.28. The van der Waals surface area contributed by atoms with Gasteiger partial charge < -0.3 is 4.90 Å². The Labute approximate surface area is 135 Å². The zero-order chi connectivity index (χ0) is 15.2. The van der Waals surface area contributed by atoms with Crippen LogP contribution in [0.4, 0.5) is 0 Å². The van der Waals surface area contributed by atoms with E-state index >= 15 is 0 Å². The van der Waals surface area contributed by atoms with Gasteiger partial charge in [-0.05, 0) is 18.4 Å². The minimum atomic E-state index is 0.861. The molecule has 2 aromatic carbocycles. The molecule has 0 fully saturated rings. The lowest BCUT2D eigenvalue weighted by molar-refractivity contribution is 0.656. The van der Waals surface area contributed by atoms with Crippen molar-refractivity contribution in [2.24, 2.45) is 9.98 Å². The molecule has 0 saturated heterocycles. The highest BCUT2D eigenvalue weighted by Gasteiger charge is 2.34. The van der Waals surface area contributed by atoms with Gasteiger partial charge in [-0.2, -0.15) is 0 Å². The fraction of sp³-hybridized carbons (Fsp3) is 0.200. The molecule has 3 aliphatic rings. The van der Waals surface area contributed by atoms with E-state index in [0.717, 1.165) is 48.9 Å². The van der Waals surface area contributed by atoms with Crippen LogP contribution in [-0.4, -0.2) is 29.7 Å². The molecule has 0 unspecified atom stereocenters. The molecule has 112 valence electrons. The fourth-order valence-electron chi connectivity index (χ4n) is 3.74. The van der Waals surface area contributed by atoms with Gasteiger partial charge in [0, 0.05) is 23.2 Å². The van der Waals surface area contributed by atoms with Gasteiger partial charge in [-0.1, -0.05) is 54.6 Å². The smallest absolute Gasteiger partial charge is 0.142 e. The molecule has 0 spiro atoms. The van der Waals surface area contributed by atoms with Gasteiger partial charge >= 0.3 is 0 Å². The third-order valence-corrected chi connectivity index (χ3v) is 4.82. The van der Waals surface area contributed by atoms with E-state index in [4.69, 9.17) is 9.98 Å². The monoisotopic (exact) mass is 299 g/mol. The fourth-order valence-corrected chi connectivity index (χ4v) is 3.74. The Morgan fingerprint density at radius 1 is 0.826 bits per heavy atom. The molecule has 2 aliphatic heterocycles. The topological polar surface area (TPSA) is 28.0 Å². The normalized spacial score (nSPS) is 18.9. The number of hydrogen-bond donors (Lipinski definition) is 0. The lowest BCUT2D eigenvalue weighted by atomic mass is 9.87. The molecule has 2 aromatic rings. The predicted octanol–water partition coefficient (Wildman–Crippen LogP) is 3.52. The van der Waals surface area contributed by atoms with Crippen LogP contribution in [0.25, 0.3) is 5.70 Å². The predicted molar refractivity (Wildman–Crippen MR) is 93.7 cm³/mol. The Balaban J connectivity index is 1.74. The van der Waals surface area contributed by atoms with Crippen molar-refractivity contribution in [1.82, 2.24) is 4.90 Å². The van der Waals surface area contributed by atoms with Crippen molar-refractivity contribution < 1.29 is 0 Å². The minimum absolute atomic E-state index is 0.861. The summed E-state index contributed by atoms with van der Waals surface area (Å²) < 4.78 is 0. The number of hydrogen-bond acceptors (Lipinski definition) is 3. The van der Waals surface area contributed by atoms with Crippen molar-refractivity contribution in [3.05, 3.63) is 76.9 Å². The molecule has 0 aromatic heterocycles. The molecule has 0 radical (unpaired) electrons. The van der Waals surface area contributed by atoms with Crippen LogP contribution in [0.2, 0.25) is 0 Å². The third kappa shape index (κ3) is 1.89. The number of amidine groups is 2. The Bertz CT molecular complexity index is 875. The van der Waals surface area contributed by atoms with Gasteiger partial charge in [0.1, 0.15) is 11.7 Å². The van der Waals surface area contributed by atoms with Crippen molar-refractivity contribution in [2.45, 2.75) is 12.8 Å². The number of fused-ring (bicyclic) bond motifs is 4. The average molecular weight is 299 g/mol. The van der Waals surface area contributed by atoms with Crippen molar-refractivity contribution in [1.29, 1.82) is 0 Å². The maximum Gasteiger partial charge on any atom is 0.142 e. The molecular formula is C20H17N3. The molecule has 0 N–H and O–H groups in total. The quantitative estimate of drug-likeness (QED) is 0.792. The van der Waals surface area contributed by atoms with Crippen molar-refractivity contribution in [3.8, 4) is 0 Å². The number of benzene rings is 2. The summed E-state index contributed by atoms with van der Waals surface area (Å²) in [6, 6.07) is 19.1. The largest absolute Gasteiger partial charge is 0.309 e. The SMILES string of the molecule is c1ccc(C2=NC3=C(CCc4ccccc43)C3=NCCN32)cc1. The summed E-state index contributed by atoms with van der Waals surface area (Å²) in [5, 5.41) is 0. The van der Waals surface area contributed by atoms with E-state index in [9.17, 15) is 0 Å². The molecule has 0 bridgehead atoms. The molecule has 0 amide bonds. The molecular weight excluding hydrogens is 282 g/mol. The molecule has 3 nitrogen and oxygen atoms in total. The minimum Gasteiger partial charge on any atom is -0.309 e. The van der Waals surface area contributed by atoms with E-state index in [2.05, 4.69) is 53.4 Å². The number of rotatable bonds is 1. The molecule has 5 rings (SSSR count). The molecule has 23 heavy (non-hydrogen) atoms. The Kier molecular flexibility index (Phi) is 2.74. The summed E-state index contributed by atoms with van der Waals surface area (Å²) in [4.78, 5) is 12.2. The van der Waals surface area contributed by atoms with Gasteiger partial charge in [0.2, 0.25) is 0 Å². The van der Waals surface area contributed by atoms with Crippen LogP contribution in [0.1, 0.15) is 23.1 Å². The summed E-state index contributed by atoms with van der Waals surface area (Å²) in [6.07, 6.45) is 2.12. The van der Waals surface area contributed by atoms with E-state index < -0.39 is 0 Å². The van der Waals surface area contributed by atoms with Crippen LogP contribution in [-0.2, 0) is 6.42 Å². The molecule has 0 atom stereocenters. The zero-order valence-corrected chi connectivity index (χ0v) is 12.9. The van der Waals surface area contributed by atoms with Crippen LogP contribution in [0.5, 0.6) is 0 Å². The Morgan fingerprint density at radius 2 is 1.65 bits per heavy atom. The standard InChI is InChI=1S/C20H17N3/c1-2-7-15(8-3-1)19-22-18-16-9-5-4-6-14(16)10-11-17(18)20-21-12-13-23(19)20/h1-9H,10-13H2. The van der Waals surface area contributed by atoms with Crippen LogP contribution in [0, 0.1) is 0 Å². The van der Waals surface area contributed by atoms with Crippen LogP contribution in [0.3, 0.4) is 0 Å². The van der Waals surface area contributed by atoms with E-state index in [0.29, 0.717) is 0 Å². The first-order chi connectivity index (χ1) is 11.4. The second kappa shape index (κ2) is 4.92. The number of nitrogens with zero attached hydrogens (tertiary/aromatic N) is 3. The first kappa shape index (κ1) is 12.8. The lowest BCUT2D eigenvalue weighted by Gasteiger charge is -2.32. The Morgan fingerprint density at radius 3 is 2.57 bits per heavy atom. The molecule has 0 saturated carbocycles. The first-order valence-corrected chi connectivity index (χ1v) is 8.20. The van der Waals surface area contributed by atoms with E-state index in [1.807, 2.05) is 6.07 Å². The van der Waals surface area contributed by atoms with Gasteiger partial charge in [-0.3, -0.25) is 4.99 Å². The van der Waals surface area contributed by atoms with Crippen LogP contribution in [0.15, 0.2) is 70.2 Å². The summed E-state index contributed by atoms with van der Waals surface area (Å²) in [6.45, 7) is 1.79. The van der Waals surface area contributed by atoms with E-state index in [1.165, 1.54) is 16.7 Å². The van der Waals surface area contributed by atoms with Gasteiger partial charge in [0.25, 0.3) is 0 Å². The summed E-state index contributed by atoms with van der Waals surface area (Å²) >= 11 is 0.